The molecule has 0 saturated carbocycles. The van der Waals surface area contributed by atoms with Crippen molar-refractivity contribution in [1.82, 2.24) is 4.98 Å². The molecule has 0 spiro atoms. The summed E-state index contributed by atoms with van der Waals surface area (Å²) in [4.78, 5) is 3.68. The van der Waals surface area contributed by atoms with Crippen molar-refractivity contribution in [3.8, 4) is 0 Å². The molecule has 1 aromatic heterocycles. The quantitative estimate of drug-likeness (QED) is 0.890. The van der Waals surface area contributed by atoms with Gasteiger partial charge in [-0.05, 0) is 24.7 Å². The Morgan fingerprint density at radius 3 is 2.82 bits per heavy atom. The van der Waals surface area contributed by atoms with E-state index in [0.29, 0.717) is 0 Å². The summed E-state index contributed by atoms with van der Waals surface area (Å²) in [6, 6.07) is 0.915. The predicted octanol–water partition coefficient (Wildman–Crippen LogP) is 3.03. The van der Waals surface area contributed by atoms with Gasteiger partial charge in [-0.1, -0.05) is 0 Å². The molecule has 0 radical (unpaired) electrons. The minimum Gasteiger partial charge on any atom is -0.387 e. The van der Waals surface area contributed by atoms with Crippen molar-refractivity contribution in [2.45, 2.75) is 30.4 Å². The molecule has 17 heavy (non-hydrogen) atoms. The van der Waals surface area contributed by atoms with E-state index >= 15 is 0 Å². The van der Waals surface area contributed by atoms with Gasteiger partial charge in [-0.3, -0.25) is 4.98 Å². The van der Waals surface area contributed by atoms with E-state index < -0.39 is 17.8 Å². The number of pyridine rings is 1. The number of hydrogen-bond acceptors (Lipinski definition) is 3. The van der Waals surface area contributed by atoms with Crippen molar-refractivity contribution >= 4 is 11.8 Å². The third-order valence-corrected chi connectivity index (χ3v) is 4.24. The third-order valence-electron chi connectivity index (χ3n) is 2.79. The average molecular weight is 263 g/mol. The lowest BCUT2D eigenvalue weighted by Gasteiger charge is -2.21. The first-order chi connectivity index (χ1) is 8.00. The van der Waals surface area contributed by atoms with E-state index in [0.717, 1.165) is 37.1 Å². The molecule has 94 valence electrons. The molecule has 0 aromatic carbocycles. The first kappa shape index (κ1) is 12.7. The largest absolute Gasteiger partial charge is 0.416 e. The third kappa shape index (κ3) is 2.74. The number of nitrogens with zero attached hydrogens (tertiary/aromatic N) is 1. The van der Waals surface area contributed by atoms with Crippen LogP contribution in [-0.4, -0.2) is 21.1 Å². The minimum absolute atomic E-state index is 0.112. The Labute approximate surface area is 101 Å². The number of halogens is 3. The van der Waals surface area contributed by atoms with Crippen molar-refractivity contribution in [2.24, 2.45) is 0 Å². The topological polar surface area (TPSA) is 33.1 Å². The first-order valence-corrected chi connectivity index (χ1v) is 6.36. The zero-order valence-corrected chi connectivity index (χ0v) is 9.76. The predicted molar refractivity (Wildman–Crippen MR) is 59.7 cm³/mol. The van der Waals surface area contributed by atoms with Gasteiger partial charge in [0.1, 0.15) is 0 Å². The van der Waals surface area contributed by atoms with Crippen molar-refractivity contribution in [3.05, 3.63) is 29.6 Å². The molecule has 1 saturated heterocycles. The summed E-state index contributed by atoms with van der Waals surface area (Å²) in [5, 5.41) is 9.85. The second kappa shape index (κ2) is 4.86. The van der Waals surface area contributed by atoms with Crippen LogP contribution in [-0.2, 0) is 6.18 Å². The van der Waals surface area contributed by atoms with Crippen LogP contribution in [0.1, 0.15) is 30.1 Å². The Balaban J connectivity index is 2.31. The van der Waals surface area contributed by atoms with Crippen LogP contribution in [0.5, 0.6) is 0 Å². The van der Waals surface area contributed by atoms with Gasteiger partial charge in [0, 0.05) is 23.2 Å². The van der Waals surface area contributed by atoms with Gasteiger partial charge in [0.2, 0.25) is 0 Å². The lowest BCUT2D eigenvalue weighted by Crippen LogP contribution is -2.18. The Hall–Kier alpha value is -0.750. The molecule has 0 bridgehead atoms. The highest BCUT2D eigenvalue weighted by molar-refractivity contribution is 8.00. The van der Waals surface area contributed by atoms with E-state index in [2.05, 4.69) is 4.98 Å². The van der Waals surface area contributed by atoms with E-state index in [9.17, 15) is 18.3 Å². The first-order valence-electron chi connectivity index (χ1n) is 5.31. The zero-order chi connectivity index (χ0) is 12.5. The highest BCUT2D eigenvalue weighted by atomic mass is 32.2. The van der Waals surface area contributed by atoms with Gasteiger partial charge < -0.3 is 5.11 Å². The van der Waals surface area contributed by atoms with Crippen LogP contribution in [0.25, 0.3) is 0 Å². The fraction of sp³-hybridized carbons (Fsp3) is 0.545. The van der Waals surface area contributed by atoms with E-state index in [4.69, 9.17) is 0 Å². The molecule has 2 heterocycles. The Morgan fingerprint density at radius 1 is 1.47 bits per heavy atom. The molecule has 2 unspecified atom stereocenters. The zero-order valence-electron chi connectivity index (χ0n) is 8.94. The summed E-state index contributed by atoms with van der Waals surface area (Å²) < 4.78 is 38.2. The van der Waals surface area contributed by atoms with E-state index in [-0.39, 0.29) is 10.8 Å². The van der Waals surface area contributed by atoms with Gasteiger partial charge in [0.15, 0.2) is 0 Å². The number of aliphatic hydroxyl groups excluding tert-OH is 1. The molecule has 1 fully saturated rings. The molecule has 2 rings (SSSR count). The van der Waals surface area contributed by atoms with Gasteiger partial charge in [0.25, 0.3) is 0 Å². The van der Waals surface area contributed by atoms with E-state index in [1.807, 2.05) is 0 Å². The minimum atomic E-state index is -4.44. The van der Waals surface area contributed by atoms with Crippen LogP contribution in [0.3, 0.4) is 0 Å². The maximum absolute atomic E-state index is 12.7. The molecular weight excluding hydrogens is 251 g/mol. The fourth-order valence-electron chi connectivity index (χ4n) is 1.95. The molecule has 2 nitrogen and oxygen atoms in total. The monoisotopic (exact) mass is 263 g/mol. The van der Waals surface area contributed by atoms with E-state index in [1.165, 1.54) is 11.8 Å². The maximum Gasteiger partial charge on any atom is 0.416 e. The number of aromatic nitrogens is 1. The number of aliphatic hydroxyl groups is 1. The summed E-state index contributed by atoms with van der Waals surface area (Å²) in [5.41, 5.74) is -0.896. The van der Waals surface area contributed by atoms with Crippen LogP contribution in [0.2, 0.25) is 0 Å². The summed E-state index contributed by atoms with van der Waals surface area (Å²) in [6.45, 7) is 0. The Morgan fingerprint density at radius 2 is 2.24 bits per heavy atom. The highest BCUT2D eigenvalue weighted by Gasteiger charge is 2.37. The Bertz CT molecular complexity index is 391. The summed E-state index contributed by atoms with van der Waals surface area (Å²) in [5.74, 6) is 0.892. The summed E-state index contributed by atoms with van der Waals surface area (Å²) >= 11 is 1.52. The lowest BCUT2D eigenvalue weighted by molar-refractivity contribution is -0.139. The normalized spacial score (nSPS) is 22.7. The molecule has 1 aliphatic rings. The smallest absolute Gasteiger partial charge is 0.387 e. The van der Waals surface area contributed by atoms with Crippen molar-refractivity contribution in [2.75, 3.05) is 5.75 Å². The standard InChI is InChI=1S/C11H12F3NOS/c12-11(13,14)8-3-4-15-6-7(8)10(16)9-2-1-5-17-9/h3-4,6,9-10,16H,1-2,5H2. The van der Waals surface area contributed by atoms with Gasteiger partial charge in [-0.15, -0.1) is 0 Å². The summed E-state index contributed by atoms with van der Waals surface area (Å²) in [6.07, 6.45) is -1.63. The van der Waals surface area contributed by atoms with Gasteiger partial charge in [-0.25, -0.2) is 0 Å². The van der Waals surface area contributed by atoms with Crippen LogP contribution in [0.4, 0.5) is 13.2 Å². The molecule has 0 amide bonds. The number of rotatable bonds is 2. The summed E-state index contributed by atoms with van der Waals surface area (Å²) in [7, 11) is 0. The van der Waals surface area contributed by atoms with Crippen molar-refractivity contribution in [3.63, 3.8) is 0 Å². The number of hydrogen-bond donors (Lipinski definition) is 1. The van der Waals surface area contributed by atoms with Crippen LogP contribution in [0, 0.1) is 0 Å². The SMILES string of the molecule is OC(c1cnccc1C(F)(F)F)C1CCCS1. The average Bonchev–Trinajstić information content (AvgIpc) is 2.80. The fourth-order valence-corrected chi connectivity index (χ4v) is 3.25. The second-order valence-electron chi connectivity index (χ2n) is 3.96. The molecule has 1 aromatic rings. The van der Waals surface area contributed by atoms with Gasteiger partial charge >= 0.3 is 6.18 Å². The van der Waals surface area contributed by atoms with Gasteiger partial charge in [0.05, 0.1) is 11.7 Å². The highest BCUT2D eigenvalue weighted by Crippen LogP contribution is 2.40. The molecular formula is C11H12F3NOS. The molecule has 1 aliphatic heterocycles. The second-order valence-corrected chi connectivity index (χ2v) is 5.30. The number of thioether (sulfide) groups is 1. The number of alkyl halides is 3. The van der Waals surface area contributed by atoms with Crippen molar-refractivity contribution in [1.29, 1.82) is 0 Å². The van der Waals surface area contributed by atoms with Crippen LogP contribution >= 0.6 is 11.8 Å². The van der Waals surface area contributed by atoms with Crippen LogP contribution < -0.4 is 0 Å². The van der Waals surface area contributed by atoms with E-state index in [1.54, 1.807) is 0 Å². The van der Waals surface area contributed by atoms with Gasteiger partial charge in [-0.2, -0.15) is 24.9 Å². The van der Waals surface area contributed by atoms with Crippen LogP contribution in [0.15, 0.2) is 18.5 Å². The molecule has 2 atom stereocenters. The van der Waals surface area contributed by atoms with Crippen molar-refractivity contribution < 1.29 is 18.3 Å². The lowest BCUT2D eigenvalue weighted by atomic mass is 10.0. The Kier molecular flexibility index (Phi) is 3.63. The maximum atomic E-state index is 12.7. The molecule has 1 N–H and O–H groups in total. The molecule has 6 heteroatoms. The molecule has 0 aliphatic carbocycles.